The first kappa shape index (κ1) is 21.3. The minimum atomic E-state index is -4.15. The third kappa shape index (κ3) is 4.77. The van der Waals surface area contributed by atoms with E-state index < -0.39 is 21.9 Å². The normalized spacial score (nSPS) is 12.8. The Labute approximate surface area is 175 Å². The molecule has 156 valence electrons. The second-order valence-electron chi connectivity index (χ2n) is 7.05. The molecule has 0 bridgehead atoms. The molecule has 1 aliphatic rings. The molecule has 0 saturated carbocycles. The van der Waals surface area contributed by atoms with Gasteiger partial charge in [-0.25, -0.2) is 4.79 Å². The van der Waals surface area contributed by atoms with Crippen LogP contribution in [-0.4, -0.2) is 59.5 Å². The lowest BCUT2D eigenvalue weighted by atomic mass is 10.2. The number of carbonyl (C=O) groups is 1. The molecule has 0 atom stereocenters. The van der Waals surface area contributed by atoms with Gasteiger partial charge in [0.2, 0.25) is 0 Å². The summed E-state index contributed by atoms with van der Waals surface area (Å²) in [6.07, 6.45) is 0. The molecule has 1 heterocycles. The van der Waals surface area contributed by atoms with Gasteiger partial charge in [0.15, 0.2) is 0 Å². The van der Waals surface area contributed by atoms with Crippen LogP contribution in [0, 0.1) is 0 Å². The van der Waals surface area contributed by atoms with Crippen molar-refractivity contribution in [1.82, 2.24) is 5.32 Å². The zero-order chi connectivity index (χ0) is 21.3. The van der Waals surface area contributed by atoms with Gasteiger partial charge in [-0.15, -0.1) is 0 Å². The van der Waals surface area contributed by atoms with E-state index >= 15 is 0 Å². The number of benzene rings is 2. The number of anilines is 4. The monoisotopic (exact) mass is 436 g/mol. The molecule has 0 saturated heterocycles. The molecular formula is C19H24N4O4S2. The second-order valence-corrected chi connectivity index (χ2v) is 9.70. The van der Waals surface area contributed by atoms with E-state index in [1.807, 2.05) is 74.4 Å². The van der Waals surface area contributed by atoms with Crippen LogP contribution >= 0.6 is 11.8 Å². The van der Waals surface area contributed by atoms with E-state index in [2.05, 4.69) is 5.32 Å². The van der Waals surface area contributed by atoms with Crippen molar-refractivity contribution < 1.29 is 17.8 Å². The molecule has 2 amide bonds. The van der Waals surface area contributed by atoms with Crippen LogP contribution in [0.1, 0.15) is 0 Å². The molecule has 2 N–H and O–H groups in total. The van der Waals surface area contributed by atoms with E-state index in [0.717, 1.165) is 32.5 Å². The fourth-order valence-electron chi connectivity index (χ4n) is 2.93. The molecule has 0 radical (unpaired) electrons. The van der Waals surface area contributed by atoms with Crippen molar-refractivity contribution in [3.8, 4) is 0 Å². The van der Waals surface area contributed by atoms with Gasteiger partial charge in [0.25, 0.3) is 10.1 Å². The van der Waals surface area contributed by atoms with Crippen molar-refractivity contribution in [3.05, 3.63) is 36.4 Å². The van der Waals surface area contributed by atoms with E-state index in [1.54, 1.807) is 16.7 Å². The summed E-state index contributed by atoms with van der Waals surface area (Å²) in [7, 11) is 3.66. The van der Waals surface area contributed by atoms with Crippen LogP contribution < -0.4 is 20.0 Å². The van der Waals surface area contributed by atoms with Gasteiger partial charge in [-0.3, -0.25) is 9.45 Å². The van der Waals surface area contributed by atoms with Crippen molar-refractivity contribution in [1.29, 1.82) is 0 Å². The molecule has 2 aromatic carbocycles. The Morgan fingerprint density at radius 2 is 1.48 bits per heavy atom. The quantitative estimate of drug-likeness (QED) is 0.696. The molecule has 29 heavy (non-hydrogen) atoms. The Morgan fingerprint density at radius 3 is 1.90 bits per heavy atom. The molecule has 10 heteroatoms. The number of carbonyl (C=O) groups excluding carboxylic acids is 1. The van der Waals surface area contributed by atoms with Gasteiger partial charge in [-0.2, -0.15) is 8.42 Å². The summed E-state index contributed by atoms with van der Waals surface area (Å²) in [6, 6.07) is 11.2. The maximum absolute atomic E-state index is 13.0. The van der Waals surface area contributed by atoms with Gasteiger partial charge in [0, 0.05) is 55.9 Å². The Bertz CT molecular complexity index is 981. The number of fused-ring (bicyclic) bond motifs is 2. The number of nitrogens with zero attached hydrogens (tertiary/aromatic N) is 3. The van der Waals surface area contributed by atoms with Gasteiger partial charge in [-0.1, -0.05) is 11.8 Å². The van der Waals surface area contributed by atoms with E-state index in [0.29, 0.717) is 0 Å². The smallest absolute Gasteiger partial charge is 0.326 e. The van der Waals surface area contributed by atoms with E-state index in [1.165, 1.54) is 0 Å². The van der Waals surface area contributed by atoms with Gasteiger partial charge < -0.3 is 15.1 Å². The summed E-state index contributed by atoms with van der Waals surface area (Å²) < 4.78 is 30.8. The number of hydrogen-bond acceptors (Lipinski definition) is 6. The maximum Gasteiger partial charge on any atom is 0.326 e. The van der Waals surface area contributed by atoms with Crippen molar-refractivity contribution in [2.45, 2.75) is 9.79 Å². The summed E-state index contributed by atoms with van der Waals surface area (Å²) in [5.74, 6) is -0.541. The zero-order valence-electron chi connectivity index (χ0n) is 16.7. The number of urea groups is 1. The minimum Gasteiger partial charge on any atom is -0.378 e. The molecule has 8 nitrogen and oxygen atoms in total. The Hall–Kier alpha value is -2.43. The maximum atomic E-state index is 13.0. The van der Waals surface area contributed by atoms with Crippen LogP contribution in [0.25, 0.3) is 0 Å². The molecule has 2 aromatic rings. The first-order valence-corrected chi connectivity index (χ1v) is 11.3. The van der Waals surface area contributed by atoms with Gasteiger partial charge in [-0.05, 0) is 36.4 Å². The van der Waals surface area contributed by atoms with Gasteiger partial charge >= 0.3 is 6.03 Å². The van der Waals surface area contributed by atoms with Crippen LogP contribution in [-0.2, 0) is 10.1 Å². The average Bonchev–Trinajstić information content (AvgIpc) is 2.63. The largest absolute Gasteiger partial charge is 0.378 e. The Balaban J connectivity index is 2.01. The average molecular weight is 437 g/mol. The standard InChI is InChI=1S/C19H24N4O4S2/c1-21(2)13-5-7-15-17(11-13)28-18-12-14(22(3)4)6-8-16(18)23(15)19(24)20-9-10-29(25,26)27/h5-8,11-12H,9-10H2,1-4H3,(H,20,24)(H,25,26,27). The third-order valence-electron chi connectivity index (χ3n) is 4.46. The summed E-state index contributed by atoms with van der Waals surface area (Å²) in [5.41, 5.74) is 3.45. The number of nitrogens with one attached hydrogen (secondary N) is 1. The first-order chi connectivity index (χ1) is 13.6. The van der Waals surface area contributed by atoms with Crippen molar-refractivity contribution >= 4 is 50.7 Å². The van der Waals surface area contributed by atoms with Crippen LogP contribution in [0.15, 0.2) is 46.2 Å². The van der Waals surface area contributed by atoms with Crippen molar-refractivity contribution in [2.24, 2.45) is 0 Å². The predicted octanol–water partition coefficient (Wildman–Crippen LogP) is 3.02. The van der Waals surface area contributed by atoms with Gasteiger partial charge in [0.05, 0.1) is 17.1 Å². The van der Waals surface area contributed by atoms with Crippen LogP contribution in [0.3, 0.4) is 0 Å². The highest BCUT2D eigenvalue weighted by Crippen LogP contribution is 2.50. The number of amides is 2. The topological polar surface area (TPSA) is 93.2 Å². The molecule has 0 spiro atoms. The van der Waals surface area contributed by atoms with Crippen LogP contribution in [0.4, 0.5) is 27.5 Å². The number of rotatable bonds is 5. The highest BCUT2D eigenvalue weighted by Gasteiger charge is 2.29. The highest BCUT2D eigenvalue weighted by atomic mass is 32.2. The molecule has 1 aliphatic heterocycles. The molecule has 0 aliphatic carbocycles. The molecular weight excluding hydrogens is 412 g/mol. The Kier molecular flexibility index (Phi) is 5.97. The molecule has 0 fully saturated rings. The first-order valence-electron chi connectivity index (χ1n) is 8.90. The minimum absolute atomic E-state index is 0.183. The van der Waals surface area contributed by atoms with E-state index in [-0.39, 0.29) is 6.54 Å². The van der Waals surface area contributed by atoms with Crippen LogP contribution in [0.5, 0.6) is 0 Å². The molecule has 3 rings (SSSR count). The summed E-state index contributed by atoms with van der Waals surface area (Å²) in [5, 5.41) is 2.58. The lowest BCUT2D eigenvalue weighted by Gasteiger charge is -2.32. The SMILES string of the molecule is CN(C)c1ccc2c(c1)Sc1cc(N(C)C)ccc1N2C(=O)NCCS(=O)(=O)O. The second kappa shape index (κ2) is 8.13. The summed E-state index contributed by atoms with van der Waals surface area (Å²) in [6.45, 7) is -0.183. The summed E-state index contributed by atoms with van der Waals surface area (Å²) >= 11 is 1.58. The van der Waals surface area contributed by atoms with E-state index in [4.69, 9.17) is 4.55 Å². The van der Waals surface area contributed by atoms with Gasteiger partial charge in [0.1, 0.15) is 0 Å². The highest BCUT2D eigenvalue weighted by molar-refractivity contribution is 7.99. The zero-order valence-corrected chi connectivity index (χ0v) is 18.3. The van der Waals surface area contributed by atoms with Crippen molar-refractivity contribution in [2.75, 3.05) is 55.2 Å². The van der Waals surface area contributed by atoms with Crippen LogP contribution in [0.2, 0.25) is 0 Å². The number of hydrogen-bond donors (Lipinski definition) is 2. The Morgan fingerprint density at radius 1 is 1.00 bits per heavy atom. The third-order valence-corrected chi connectivity index (χ3v) is 6.27. The van der Waals surface area contributed by atoms with Crippen molar-refractivity contribution in [3.63, 3.8) is 0 Å². The fourth-order valence-corrected chi connectivity index (χ4v) is 4.41. The lowest BCUT2D eigenvalue weighted by molar-refractivity contribution is 0.249. The van der Waals surface area contributed by atoms with E-state index in [9.17, 15) is 13.2 Å². The predicted molar refractivity (Wildman–Crippen MR) is 118 cm³/mol. The molecule has 0 aromatic heterocycles. The fraction of sp³-hybridized carbons (Fsp3) is 0.316. The summed E-state index contributed by atoms with van der Waals surface area (Å²) in [4.78, 5) is 20.3. The molecule has 0 unspecified atom stereocenters. The lowest BCUT2D eigenvalue weighted by Crippen LogP contribution is -2.40.